The zero-order valence-corrected chi connectivity index (χ0v) is 19.4. The van der Waals surface area contributed by atoms with Gasteiger partial charge in [-0.2, -0.15) is 0 Å². The lowest BCUT2D eigenvalue weighted by molar-refractivity contribution is 0.128. The third kappa shape index (κ3) is 10.3. The van der Waals surface area contributed by atoms with Gasteiger partial charge in [-0.05, 0) is 30.7 Å². The number of piperidine rings is 1. The van der Waals surface area contributed by atoms with Crippen molar-refractivity contribution in [1.82, 2.24) is 15.5 Å². The molecule has 6 heteroatoms. The summed E-state index contributed by atoms with van der Waals surface area (Å²) in [6, 6.07) is 11.2. The maximum Gasteiger partial charge on any atom is 0.191 e. The zero-order chi connectivity index (χ0) is 18.6. The summed E-state index contributed by atoms with van der Waals surface area (Å²) in [5, 5.41) is 6.91. The van der Waals surface area contributed by atoms with Crippen LogP contribution in [0.2, 0.25) is 0 Å². The van der Waals surface area contributed by atoms with Crippen molar-refractivity contribution in [1.29, 1.82) is 0 Å². The van der Waals surface area contributed by atoms with E-state index in [2.05, 4.69) is 64.7 Å². The van der Waals surface area contributed by atoms with Crippen molar-refractivity contribution in [3.63, 3.8) is 0 Å². The van der Waals surface area contributed by atoms with Crippen molar-refractivity contribution in [2.45, 2.75) is 45.7 Å². The van der Waals surface area contributed by atoms with Crippen LogP contribution >= 0.6 is 24.0 Å². The fourth-order valence-electron chi connectivity index (χ4n) is 3.13. The molecule has 0 atom stereocenters. The van der Waals surface area contributed by atoms with Gasteiger partial charge in [0.1, 0.15) is 0 Å². The van der Waals surface area contributed by atoms with E-state index in [1.54, 1.807) is 0 Å². The highest BCUT2D eigenvalue weighted by molar-refractivity contribution is 14.0. The molecule has 1 aliphatic rings. The standard InChI is InChI=1S/C21H36N4O.HI/c1-18(2)11-15-26-16-12-23-21(22-3)24-20-9-13-25(14-10-20)17-19-7-5-4-6-8-19;/h4-8,18,20H,9-17H2,1-3H3,(H2,22,23,24);1H. The van der Waals surface area contributed by atoms with Crippen molar-refractivity contribution < 1.29 is 4.74 Å². The van der Waals surface area contributed by atoms with E-state index >= 15 is 0 Å². The Morgan fingerprint density at radius 1 is 1.19 bits per heavy atom. The van der Waals surface area contributed by atoms with Crippen molar-refractivity contribution in [2.75, 3.05) is 39.9 Å². The van der Waals surface area contributed by atoms with Crippen LogP contribution in [0.5, 0.6) is 0 Å². The zero-order valence-electron chi connectivity index (χ0n) is 17.1. The van der Waals surface area contributed by atoms with Crippen molar-refractivity contribution in [2.24, 2.45) is 10.9 Å². The van der Waals surface area contributed by atoms with Crippen LogP contribution in [0.3, 0.4) is 0 Å². The van der Waals surface area contributed by atoms with Gasteiger partial charge in [0, 0.05) is 45.9 Å². The molecule has 0 aromatic heterocycles. The summed E-state index contributed by atoms with van der Waals surface area (Å²) < 4.78 is 5.65. The topological polar surface area (TPSA) is 48.9 Å². The Morgan fingerprint density at radius 2 is 1.89 bits per heavy atom. The molecule has 0 aliphatic carbocycles. The summed E-state index contributed by atoms with van der Waals surface area (Å²) in [5.41, 5.74) is 1.40. The number of hydrogen-bond acceptors (Lipinski definition) is 3. The first-order chi connectivity index (χ1) is 12.7. The fraction of sp³-hybridized carbons (Fsp3) is 0.667. The van der Waals surface area contributed by atoms with E-state index in [4.69, 9.17) is 4.74 Å². The molecule has 154 valence electrons. The highest BCUT2D eigenvalue weighted by atomic mass is 127. The quantitative estimate of drug-likeness (QED) is 0.242. The first-order valence-electron chi connectivity index (χ1n) is 9.98. The second-order valence-corrected chi connectivity index (χ2v) is 7.47. The number of guanidine groups is 1. The molecule has 1 heterocycles. The summed E-state index contributed by atoms with van der Waals surface area (Å²) in [6.07, 6.45) is 3.42. The summed E-state index contributed by atoms with van der Waals surface area (Å²) in [4.78, 5) is 6.87. The molecule has 1 aromatic carbocycles. The van der Waals surface area contributed by atoms with Crippen LogP contribution in [0.1, 0.15) is 38.7 Å². The van der Waals surface area contributed by atoms with E-state index in [-0.39, 0.29) is 24.0 Å². The summed E-state index contributed by atoms with van der Waals surface area (Å²) >= 11 is 0. The molecule has 0 saturated carbocycles. The molecule has 0 amide bonds. The van der Waals surface area contributed by atoms with E-state index in [1.807, 2.05) is 7.05 Å². The Kier molecular flexibility index (Phi) is 12.7. The van der Waals surface area contributed by atoms with Gasteiger partial charge in [0.05, 0.1) is 6.61 Å². The van der Waals surface area contributed by atoms with E-state index in [1.165, 1.54) is 5.56 Å². The third-order valence-electron chi connectivity index (χ3n) is 4.78. The average molecular weight is 488 g/mol. The van der Waals surface area contributed by atoms with Crippen LogP contribution in [-0.4, -0.2) is 56.8 Å². The number of likely N-dealkylation sites (tertiary alicyclic amines) is 1. The molecule has 0 radical (unpaired) electrons. The van der Waals surface area contributed by atoms with Crippen molar-refractivity contribution >= 4 is 29.9 Å². The van der Waals surface area contributed by atoms with Gasteiger partial charge in [-0.25, -0.2) is 0 Å². The van der Waals surface area contributed by atoms with Crippen LogP contribution in [0, 0.1) is 5.92 Å². The molecule has 1 aromatic rings. The van der Waals surface area contributed by atoms with Gasteiger partial charge in [-0.3, -0.25) is 9.89 Å². The van der Waals surface area contributed by atoms with E-state index in [0.29, 0.717) is 12.0 Å². The predicted molar refractivity (Wildman–Crippen MR) is 125 cm³/mol. The number of rotatable bonds is 9. The first kappa shape index (κ1) is 24.2. The molecule has 27 heavy (non-hydrogen) atoms. The number of hydrogen-bond donors (Lipinski definition) is 2. The minimum Gasteiger partial charge on any atom is -0.380 e. The second kappa shape index (κ2) is 14.2. The summed E-state index contributed by atoms with van der Waals surface area (Å²) in [5.74, 6) is 1.59. The number of ether oxygens (including phenoxy) is 1. The van der Waals surface area contributed by atoms with Crippen LogP contribution < -0.4 is 10.6 Å². The van der Waals surface area contributed by atoms with E-state index < -0.39 is 0 Å². The van der Waals surface area contributed by atoms with Crippen molar-refractivity contribution in [3.05, 3.63) is 35.9 Å². The molecule has 0 bridgehead atoms. The smallest absolute Gasteiger partial charge is 0.191 e. The fourth-order valence-corrected chi connectivity index (χ4v) is 3.13. The maximum atomic E-state index is 5.65. The van der Waals surface area contributed by atoms with Crippen LogP contribution in [0.25, 0.3) is 0 Å². The normalized spacial score (nSPS) is 16.2. The Hall–Kier alpha value is -0.860. The number of benzene rings is 1. The van der Waals surface area contributed by atoms with Gasteiger partial charge in [0.25, 0.3) is 0 Å². The molecule has 1 fully saturated rings. The van der Waals surface area contributed by atoms with Gasteiger partial charge >= 0.3 is 0 Å². The largest absolute Gasteiger partial charge is 0.380 e. The number of aliphatic imine (C=N–C) groups is 1. The lowest BCUT2D eigenvalue weighted by atomic mass is 10.0. The minimum absolute atomic E-state index is 0. The Bertz CT molecular complexity index is 516. The molecule has 2 N–H and O–H groups in total. The van der Waals surface area contributed by atoms with E-state index in [9.17, 15) is 0 Å². The molecule has 0 unspecified atom stereocenters. The van der Waals surface area contributed by atoms with Gasteiger partial charge in [-0.15, -0.1) is 24.0 Å². The minimum atomic E-state index is 0. The van der Waals surface area contributed by atoms with Crippen LogP contribution in [0.15, 0.2) is 35.3 Å². The molecule has 5 nitrogen and oxygen atoms in total. The van der Waals surface area contributed by atoms with Crippen LogP contribution in [0.4, 0.5) is 0 Å². The first-order valence-corrected chi connectivity index (χ1v) is 9.98. The van der Waals surface area contributed by atoms with Gasteiger partial charge < -0.3 is 15.4 Å². The SMILES string of the molecule is CN=C(NCCOCCC(C)C)NC1CCN(Cc2ccccc2)CC1.I. The molecule has 0 spiro atoms. The molecule has 1 aliphatic heterocycles. The molecular weight excluding hydrogens is 451 g/mol. The number of halogens is 1. The number of nitrogens with zero attached hydrogens (tertiary/aromatic N) is 2. The summed E-state index contributed by atoms with van der Waals surface area (Å²) in [7, 11) is 1.83. The van der Waals surface area contributed by atoms with E-state index in [0.717, 1.165) is 64.6 Å². The van der Waals surface area contributed by atoms with Crippen LogP contribution in [-0.2, 0) is 11.3 Å². The van der Waals surface area contributed by atoms with Gasteiger partial charge in [0.2, 0.25) is 0 Å². The predicted octanol–water partition coefficient (Wildman–Crippen LogP) is 3.50. The Labute approximate surface area is 182 Å². The Balaban J connectivity index is 0.00000364. The average Bonchev–Trinajstić information content (AvgIpc) is 2.65. The highest BCUT2D eigenvalue weighted by Crippen LogP contribution is 2.13. The monoisotopic (exact) mass is 488 g/mol. The molecule has 2 rings (SSSR count). The Morgan fingerprint density at radius 3 is 2.52 bits per heavy atom. The van der Waals surface area contributed by atoms with Gasteiger partial charge in [-0.1, -0.05) is 44.2 Å². The molecular formula is C21H37IN4O. The third-order valence-corrected chi connectivity index (χ3v) is 4.78. The second-order valence-electron chi connectivity index (χ2n) is 7.47. The highest BCUT2D eigenvalue weighted by Gasteiger charge is 2.19. The molecule has 1 saturated heterocycles. The number of nitrogens with one attached hydrogen (secondary N) is 2. The summed E-state index contributed by atoms with van der Waals surface area (Å²) in [6.45, 7) is 10.1. The lowest BCUT2D eigenvalue weighted by Gasteiger charge is -2.33. The van der Waals surface area contributed by atoms with Crippen molar-refractivity contribution in [3.8, 4) is 0 Å². The lowest BCUT2D eigenvalue weighted by Crippen LogP contribution is -2.49. The maximum absolute atomic E-state index is 5.65. The van der Waals surface area contributed by atoms with Gasteiger partial charge in [0.15, 0.2) is 5.96 Å².